The van der Waals surface area contributed by atoms with E-state index in [4.69, 9.17) is 9.52 Å². The quantitative estimate of drug-likeness (QED) is 0.473. The molecule has 0 aliphatic heterocycles. The van der Waals surface area contributed by atoms with Crippen molar-refractivity contribution < 1.29 is 17.0 Å². The number of rotatable bonds is 4. The summed E-state index contributed by atoms with van der Waals surface area (Å²) in [5.74, 6) is 0.656. The SMILES string of the molecule is CCS(=O)c1c(-c2nc3cc(S(C)(=O)=O)ccc3o2)nn2c(C)c(C)c(C)c(C)c12. The average molecular weight is 446 g/mol. The second-order valence-electron chi connectivity index (χ2n) is 7.45. The Balaban J connectivity index is 2.07. The van der Waals surface area contributed by atoms with Gasteiger partial charge in [0.05, 0.1) is 26.1 Å². The van der Waals surface area contributed by atoms with Crippen LogP contribution < -0.4 is 0 Å². The van der Waals surface area contributed by atoms with Crippen LogP contribution >= 0.6 is 0 Å². The molecule has 7 nitrogen and oxygen atoms in total. The van der Waals surface area contributed by atoms with Crippen LogP contribution in [0.15, 0.2) is 32.4 Å². The van der Waals surface area contributed by atoms with Gasteiger partial charge in [-0.25, -0.2) is 17.9 Å². The second kappa shape index (κ2) is 7.02. The smallest absolute Gasteiger partial charge is 0.249 e. The Kier molecular flexibility index (Phi) is 4.85. The van der Waals surface area contributed by atoms with Gasteiger partial charge in [0.15, 0.2) is 21.1 Å². The molecular weight excluding hydrogens is 422 g/mol. The lowest BCUT2D eigenvalue weighted by Gasteiger charge is -2.12. The van der Waals surface area contributed by atoms with Gasteiger partial charge < -0.3 is 4.42 Å². The Hall–Kier alpha value is -2.52. The van der Waals surface area contributed by atoms with E-state index in [9.17, 15) is 12.6 Å². The number of aromatic nitrogens is 3. The zero-order chi connectivity index (χ0) is 22.0. The molecule has 4 aromatic rings. The molecule has 0 amide bonds. The first-order chi connectivity index (χ1) is 14.0. The van der Waals surface area contributed by atoms with Crippen LogP contribution in [0.2, 0.25) is 0 Å². The maximum atomic E-state index is 13.1. The number of pyridine rings is 1. The van der Waals surface area contributed by atoms with Crippen LogP contribution in [0.1, 0.15) is 29.3 Å². The Morgan fingerprint density at radius 1 is 1.10 bits per heavy atom. The van der Waals surface area contributed by atoms with Gasteiger partial charge in [-0.15, -0.1) is 0 Å². The minimum atomic E-state index is -3.37. The first-order valence-corrected chi connectivity index (χ1v) is 12.7. The summed E-state index contributed by atoms with van der Waals surface area (Å²) < 4.78 is 44.5. The monoisotopic (exact) mass is 445 g/mol. The molecule has 0 N–H and O–H groups in total. The van der Waals surface area contributed by atoms with Crippen molar-refractivity contribution in [3.8, 4) is 11.6 Å². The van der Waals surface area contributed by atoms with Crippen LogP contribution in [0.3, 0.4) is 0 Å². The predicted molar refractivity (Wildman–Crippen MR) is 117 cm³/mol. The van der Waals surface area contributed by atoms with Gasteiger partial charge >= 0.3 is 0 Å². The van der Waals surface area contributed by atoms with Crippen molar-refractivity contribution in [3.05, 3.63) is 40.6 Å². The zero-order valence-corrected chi connectivity index (χ0v) is 19.4. The molecule has 30 heavy (non-hydrogen) atoms. The molecule has 0 aliphatic rings. The van der Waals surface area contributed by atoms with E-state index >= 15 is 0 Å². The molecule has 0 fully saturated rings. The van der Waals surface area contributed by atoms with Gasteiger partial charge in [-0.2, -0.15) is 5.10 Å². The first kappa shape index (κ1) is 20.7. The summed E-state index contributed by atoms with van der Waals surface area (Å²) in [6.07, 6.45) is 1.15. The highest BCUT2D eigenvalue weighted by molar-refractivity contribution is 7.90. The van der Waals surface area contributed by atoms with Crippen molar-refractivity contribution in [1.29, 1.82) is 0 Å². The normalized spacial score (nSPS) is 13.4. The van der Waals surface area contributed by atoms with Crippen LogP contribution in [0.5, 0.6) is 0 Å². The third kappa shape index (κ3) is 3.07. The van der Waals surface area contributed by atoms with Gasteiger partial charge in [0.2, 0.25) is 5.89 Å². The molecular formula is C21H23N3O4S2. The van der Waals surface area contributed by atoms with Crippen LogP contribution in [-0.4, -0.2) is 39.2 Å². The summed E-state index contributed by atoms with van der Waals surface area (Å²) in [6.45, 7) is 9.94. The van der Waals surface area contributed by atoms with E-state index in [1.807, 2.05) is 32.2 Å². The van der Waals surface area contributed by atoms with Crippen molar-refractivity contribution in [3.63, 3.8) is 0 Å². The van der Waals surface area contributed by atoms with E-state index in [0.717, 1.165) is 34.2 Å². The molecule has 3 heterocycles. The summed E-state index contributed by atoms with van der Waals surface area (Å²) in [7, 11) is -4.67. The van der Waals surface area contributed by atoms with Crippen LogP contribution in [-0.2, 0) is 20.6 Å². The van der Waals surface area contributed by atoms with Gasteiger partial charge in [-0.3, -0.25) is 4.21 Å². The molecule has 1 aromatic carbocycles. The van der Waals surface area contributed by atoms with Crippen LogP contribution in [0.4, 0.5) is 0 Å². The minimum Gasteiger partial charge on any atom is -0.435 e. The molecule has 0 saturated carbocycles. The third-order valence-electron chi connectivity index (χ3n) is 5.66. The highest BCUT2D eigenvalue weighted by Crippen LogP contribution is 2.35. The second-order valence-corrected chi connectivity index (χ2v) is 11.1. The molecule has 4 rings (SSSR count). The molecule has 158 valence electrons. The fourth-order valence-corrected chi connectivity index (χ4v) is 5.33. The molecule has 9 heteroatoms. The highest BCUT2D eigenvalue weighted by Gasteiger charge is 2.26. The number of sulfone groups is 1. The Morgan fingerprint density at radius 2 is 1.80 bits per heavy atom. The number of aryl methyl sites for hydroxylation is 2. The van der Waals surface area contributed by atoms with Gasteiger partial charge in [0.25, 0.3) is 0 Å². The molecule has 0 saturated heterocycles. The van der Waals surface area contributed by atoms with E-state index in [1.165, 1.54) is 12.1 Å². The number of benzene rings is 1. The van der Waals surface area contributed by atoms with Gasteiger partial charge in [-0.05, 0) is 62.6 Å². The molecule has 0 radical (unpaired) electrons. The molecule has 0 bridgehead atoms. The first-order valence-electron chi connectivity index (χ1n) is 9.53. The number of oxazole rings is 1. The van der Waals surface area contributed by atoms with Crippen molar-refractivity contribution in [2.24, 2.45) is 0 Å². The highest BCUT2D eigenvalue weighted by atomic mass is 32.2. The van der Waals surface area contributed by atoms with E-state index in [1.54, 1.807) is 6.07 Å². The fourth-order valence-electron chi connectivity index (χ4n) is 3.60. The van der Waals surface area contributed by atoms with Gasteiger partial charge in [-0.1, -0.05) is 6.92 Å². The zero-order valence-electron chi connectivity index (χ0n) is 17.7. The fraction of sp³-hybridized carbons (Fsp3) is 0.333. The number of fused-ring (bicyclic) bond motifs is 2. The number of hydrogen-bond donors (Lipinski definition) is 0. The minimum absolute atomic E-state index is 0.167. The van der Waals surface area contributed by atoms with Crippen LogP contribution in [0, 0.1) is 27.7 Å². The van der Waals surface area contributed by atoms with E-state index in [2.05, 4.69) is 11.9 Å². The Morgan fingerprint density at radius 3 is 2.43 bits per heavy atom. The predicted octanol–water partition coefficient (Wildman–Crippen LogP) is 3.91. The Labute approximate surface area is 177 Å². The van der Waals surface area contributed by atoms with Crippen molar-refractivity contribution in [2.75, 3.05) is 12.0 Å². The largest absolute Gasteiger partial charge is 0.435 e. The molecule has 1 unspecified atom stereocenters. The molecule has 3 aromatic heterocycles. The average Bonchev–Trinajstić information content (AvgIpc) is 3.30. The molecule has 0 spiro atoms. The van der Waals surface area contributed by atoms with Gasteiger partial charge in [0.1, 0.15) is 5.52 Å². The number of hydrogen-bond acceptors (Lipinski definition) is 6. The van der Waals surface area contributed by atoms with E-state index in [0.29, 0.717) is 27.4 Å². The number of nitrogens with zero attached hydrogens (tertiary/aromatic N) is 3. The standard InChI is InChI=1S/C21H23N3O4S2/c1-7-29(25)20-18(23-24-14(5)12(3)11(2)13(4)19(20)24)21-22-16-10-15(30(6,26)27)8-9-17(16)28-21/h8-10H,7H2,1-6H3. The lowest BCUT2D eigenvalue weighted by atomic mass is 10.0. The maximum absolute atomic E-state index is 13.1. The van der Waals surface area contributed by atoms with Crippen molar-refractivity contribution in [1.82, 2.24) is 14.6 Å². The summed E-state index contributed by atoms with van der Waals surface area (Å²) >= 11 is 0. The van der Waals surface area contributed by atoms with Gasteiger partial charge in [0, 0.05) is 17.7 Å². The third-order valence-corrected chi connectivity index (χ3v) is 8.14. The molecule has 1 atom stereocenters. The maximum Gasteiger partial charge on any atom is 0.249 e. The summed E-state index contributed by atoms with van der Waals surface area (Å²) in [4.78, 5) is 5.25. The van der Waals surface area contributed by atoms with Crippen molar-refractivity contribution >= 4 is 37.3 Å². The Bertz CT molecular complexity index is 1460. The summed E-state index contributed by atoms with van der Waals surface area (Å²) in [5, 5.41) is 4.73. The van der Waals surface area contributed by atoms with Crippen molar-refractivity contribution in [2.45, 2.75) is 44.4 Å². The lowest BCUT2D eigenvalue weighted by molar-refractivity contribution is 0.601. The van der Waals surface area contributed by atoms with Crippen LogP contribution in [0.25, 0.3) is 28.2 Å². The molecule has 0 aliphatic carbocycles. The lowest BCUT2D eigenvalue weighted by Crippen LogP contribution is -2.03. The van der Waals surface area contributed by atoms with E-state index < -0.39 is 20.6 Å². The topological polar surface area (TPSA) is 94.5 Å². The summed E-state index contributed by atoms with van der Waals surface area (Å²) in [6, 6.07) is 4.55. The summed E-state index contributed by atoms with van der Waals surface area (Å²) in [5.41, 5.74) is 6.33. The van der Waals surface area contributed by atoms with E-state index in [-0.39, 0.29) is 10.8 Å².